The number of hydrogen-bond donors (Lipinski definition) is 1. The number of likely N-dealkylation sites (N-methyl/N-ethyl adjacent to an activating group) is 1. The summed E-state index contributed by atoms with van der Waals surface area (Å²) in [6, 6.07) is 7.12. The Labute approximate surface area is 154 Å². The highest BCUT2D eigenvalue weighted by atomic mass is 16.5. The van der Waals surface area contributed by atoms with E-state index in [1.54, 1.807) is 18.2 Å². The zero-order valence-electron chi connectivity index (χ0n) is 16.0. The number of fused-ring (bicyclic) bond motifs is 1. The molecular weight excluding hydrogens is 334 g/mol. The fourth-order valence-corrected chi connectivity index (χ4v) is 2.84. The summed E-state index contributed by atoms with van der Waals surface area (Å²) in [5.41, 5.74) is 0.281. The fraction of sp³-hybridized carbons (Fsp3) is 0.526. The smallest absolute Gasteiger partial charge is 0.266 e. The van der Waals surface area contributed by atoms with Gasteiger partial charge in [-0.05, 0) is 39.8 Å². The van der Waals surface area contributed by atoms with Gasteiger partial charge in [0.25, 0.3) is 5.91 Å². The van der Waals surface area contributed by atoms with E-state index in [1.807, 2.05) is 33.8 Å². The third-order valence-electron chi connectivity index (χ3n) is 3.97. The summed E-state index contributed by atoms with van der Waals surface area (Å²) < 4.78 is 5.82. The van der Waals surface area contributed by atoms with Crippen molar-refractivity contribution >= 4 is 23.4 Å². The van der Waals surface area contributed by atoms with Crippen molar-refractivity contribution in [2.45, 2.75) is 46.3 Å². The van der Waals surface area contributed by atoms with Gasteiger partial charge in [0.15, 0.2) is 6.10 Å². The molecule has 0 saturated heterocycles. The van der Waals surface area contributed by atoms with Crippen molar-refractivity contribution in [3.05, 3.63) is 24.3 Å². The zero-order valence-corrected chi connectivity index (χ0v) is 16.0. The highest BCUT2D eigenvalue weighted by Crippen LogP contribution is 2.33. The lowest BCUT2D eigenvalue weighted by atomic mass is 10.1. The Kier molecular flexibility index (Phi) is 5.90. The van der Waals surface area contributed by atoms with Crippen LogP contribution < -0.4 is 15.0 Å². The van der Waals surface area contributed by atoms with Crippen molar-refractivity contribution < 1.29 is 19.1 Å². The van der Waals surface area contributed by atoms with E-state index in [0.717, 1.165) is 0 Å². The van der Waals surface area contributed by atoms with Gasteiger partial charge in [0.2, 0.25) is 11.8 Å². The van der Waals surface area contributed by atoms with E-state index in [-0.39, 0.29) is 36.3 Å². The molecule has 0 fully saturated rings. The van der Waals surface area contributed by atoms with Gasteiger partial charge in [0.05, 0.1) is 18.8 Å². The van der Waals surface area contributed by atoms with Crippen LogP contribution in [0.15, 0.2) is 24.3 Å². The molecule has 26 heavy (non-hydrogen) atoms. The molecule has 1 aliphatic rings. The second kappa shape index (κ2) is 7.76. The van der Waals surface area contributed by atoms with Gasteiger partial charge in [-0.3, -0.25) is 14.4 Å². The van der Waals surface area contributed by atoms with E-state index in [4.69, 9.17) is 4.74 Å². The quantitative estimate of drug-likeness (QED) is 0.883. The number of benzene rings is 1. The van der Waals surface area contributed by atoms with E-state index in [2.05, 4.69) is 5.32 Å². The van der Waals surface area contributed by atoms with Crippen molar-refractivity contribution in [3.63, 3.8) is 0 Å². The predicted molar refractivity (Wildman–Crippen MR) is 99.0 cm³/mol. The third-order valence-corrected chi connectivity index (χ3v) is 3.97. The molecule has 0 saturated carbocycles. The largest absolute Gasteiger partial charge is 0.476 e. The predicted octanol–water partition coefficient (Wildman–Crippen LogP) is 1.56. The van der Waals surface area contributed by atoms with Crippen molar-refractivity contribution in [1.82, 2.24) is 10.2 Å². The Bertz CT molecular complexity index is 696. The molecule has 142 valence electrons. The van der Waals surface area contributed by atoms with Crippen molar-refractivity contribution in [3.8, 4) is 5.75 Å². The zero-order chi connectivity index (χ0) is 19.5. The Morgan fingerprint density at radius 3 is 2.50 bits per heavy atom. The first-order valence-corrected chi connectivity index (χ1v) is 8.76. The van der Waals surface area contributed by atoms with Crippen LogP contribution in [-0.2, 0) is 14.4 Å². The molecule has 2 rings (SSSR count). The van der Waals surface area contributed by atoms with E-state index < -0.39 is 6.10 Å². The topological polar surface area (TPSA) is 79.0 Å². The number of rotatable bonds is 4. The number of para-hydroxylation sites is 2. The molecule has 7 nitrogen and oxygen atoms in total. The first kappa shape index (κ1) is 19.8. The third kappa shape index (κ3) is 4.74. The van der Waals surface area contributed by atoms with Gasteiger partial charge < -0.3 is 19.9 Å². The van der Waals surface area contributed by atoms with Crippen LogP contribution in [0.4, 0.5) is 5.69 Å². The van der Waals surface area contributed by atoms with Gasteiger partial charge in [0.1, 0.15) is 5.75 Å². The maximum Gasteiger partial charge on any atom is 0.266 e. The van der Waals surface area contributed by atoms with E-state index >= 15 is 0 Å². The molecule has 1 atom stereocenters. The normalized spacial score (nSPS) is 16.3. The Morgan fingerprint density at radius 1 is 1.27 bits per heavy atom. The minimum atomic E-state index is -0.837. The lowest BCUT2D eigenvalue weighted by molar-refractivity contribution is -0.142. The first-order chi connectivity index (χ1) is 12.1. The van der Waals surface area contributed by atoms with Crippen LogP contribution in [0.25, 0.3) is 0 Å². The molecule has 1 aliphatic heterocycles. The average molecular weight is 361 g/mol. The second-order valence-electron chi connectivity index (χ2n) is 7.35. The van der Waals surface area contributed by atoms with Crippen molar-refractivity contribution in [2.75, 3.05) is 24.5 Å². The number of carbonyl (C=O) groups is 3. The van der Waals surface area contributed by atoms with E-state index in [0.29, 0.717) is 18.0 Å². The molecule has 0 bridgehead atoms. The molecule has 0 aromatic heterocycles. The van der Waals surface area contributed by atoms with Crippen LogP contribution in [0.2, 0.25) is 0 Å². The van der Waals surface area contributed by atoms with Crippen LogP contribution in [-0.4, -0.2) is 53.9 Å². The maximum atomic E-state index is 12.9. The fourth-order valence-electron chi connectivity index (χ4n) is 2.84. The first-order valence-electron chi connectivity index (χ1n) is 8.76. The van der Waals surface area contributed by atoms with Gasteiger partial charge >= 0.3 is 0 Å². The molecule has 0 aliphatic carbocycles. The molecule has 1 aromatic rings. The van der Waals surface area contributed by atoms with Crippen molar-refractivity contribution in [2.24, 2.45) is 0 Å². The van der Waals surface area contributed by atoms with Crippen LogP contribution in [0.1, 0.15) is 34.6 Å². The maximum absolute atomic E-state index is 12.9. The summed E-state index contributed by atoms with van der Waals surface area (Å²) in [6.45, 7) is 9.37. The highest BCUT2D eigenvalue weighted by Gasteiger charge is 2.35. The van der Waals surface area contributed by atoms with E-state index in [1.165, 1.54) is 16.7 Å². The van der Waals surface area contributed by atoms with Gasteiger partial charge in [0, 0.05) is 19.0 Å². The molecule has 0 radical (unpaired) electrons. The lowest BCUT2D eigenvalue weighted by Gasteiger charge is -2.35. The monoisotopic (exact) mass is 361 g/mol. The lowest BCUT2D eigenvalue weighted by Crippen LogP contribution is -2.54. The van der Waals surface area contributed by atoms with Crippen LogP contribution in [0, 0.1) is 0 Å². The van der Waals surface area contributed by atoms with Crippen LogP contribution in [0.3, 0.4) is 0 Å². The molecule has 1 heterocycles. The molecule has 7 heteroatoms. The van der Waals surface area contributed by atoms with Gasteiger partial charge in [-0.15, -0.1) is 0 Å². The molecule has 3 amide bonds. The summed E-state index contributed by atoms with van der Waals surface area (Å²) in [5.74, 6) is -0.209. The Morgan fingerprint density at radius 2 is 1.92 bits per heavy atom. The standard InChI is InChI=1S/C19H27N3O4/c1-6-21(12-17(24)20-19(3,4)5)18(25)16-11-22(13(2)23)14-9-7-8-10-15(14)26-16/h7-10,16H,6,11-12H2,1-5H3,(H,20,24). The summed E-state index contributed by atoms with van der Waals surface area (Å²) in [5, 5.41) is 2.85. The summed E-state index contributed by atoms with van der Waals surface area (Å²) in [4.78, 5) is 40.0. The van der Waals surface area contributed by atoms with Gasteiger partial charge in [-0.25, -0.2) is 0 Å². The number of nitrogens with zero attached hydrogens (tertiary/aromatic N) is 2. The molecular formula is C19H27N3O4. The van der Waals surface area contributed by atoms with Gasteiger partial charge in [-0.2, -0.15) is 0 Å². The Balaban J connectivity index is 2.15. The molecule has 0 spiro atoms. The van der Waals surface area contributed by atoms with E-state index in [9.17, 15) is 14.4 Å². The number of amides is 3. The molecule has 1 unspecified atom stereocenters. The number of hydrogen-bond acceptors (Lipinski definition) is 4. The number of anilines is 1. The van der Waals surface area contributed by atoms with Crippen LogP contribution in [0.5, 0.6) is 5.75 Å². The minimum Gasteiger partial charge on any atom is -0.476 e. The molecule has 1 N–H and O–H groups in total. The Hall–Kier alpha value is -2.57. The van der Waals surface area contributed by atoms with Gasteiger partial charge in [-0.1, -0.05) is 12.1 Å². The second-order valence-corrected chi connectivity index (χ2v) is 7.35. The number of ether oxygens (including phenoxy) is 1. The molecule has 1 aromatic carbocycles. The summed E-state index contributed by atoms with van der Waals surface area (Å²) in [6.07, 6.45) is -0.837. The van der Waals surface area contributed by atoms with Crippen molar-refractivity contribution in [1.29, 1.82) is 0 Å². The summed E-state index contributed by atoms with van der Waals surface area (Å²) >= 11 is 0. The minimum absolute atomic E-state index is 0.0474. The number of nitrogens with one attached hydrogen (secondary N) is 1. The SMILES string of the molecule is CCN(CC(=O)NC(C)(C)C)C(=O)C1CN(C(C)=O)c2ccccc2O1. The van der Waals surface area contributed by atoms with Crippen LogP contribution >= 0.6 is 0 Å². The highest BCUT2D eigenvalue weighted by molar-refractivity contribution is 5.96. The number of carbonyl (C=O) groups excluding carboxylic acids is 3. The summed E-state index contributed by atoms with van der Waals surface area (Å²) in [7, 11) is 0. The average Bonchev–Trinajstić information content (AvgIpc) is 2.56.